The van der Waals surface area contributed by atoms with Gasteiger partial charge in [-0.15, -0.1) is 0 Å². The highest BCUT2D eigenvalue weighted by atomic mass is 19.1. The van der Waals surface area contributed by atoms with Crippen molar-refractivity contribution in [3.63, 3.8) is 0 Å². The van der Waals surface area contributed by atoms with E-state index < -0.39 is 16.4 Å². The molecule has 7 rings (SSSR count). The lowest BCUT2D eigenvalue weighted by atomic mass is 9.66. The van der Waals surface area contributed by atoms with E-state index in [1.54, 1.807) is 0 Å². The van der Waals surface area contributed by atoms with Crippen molar-refractivity contribution >= 4 is 22.6 Å². The molecule has 0 unspecified atom stereocenters. The highest BCUT2D eigenvalue weighted by Gasteiger charge is 2.76. The minimum atomic E-state index is -1.17. The standard InChI is InChI=1S/C39H40FNO5/c1-37(2)38(3)18-19-39(37,46-36(38)43)35(42)41-20-17-32(28-13-15-30(40)16-14-28)34(23-41)45-25-27-21-29-11-7-8-12-31(29)33(22-27)44-24-26-9-5-4-6-10-26/h4-16,21-22,32,34H,17-20,23-25H2,1-3H3/t32-,34+,38-,39+/m0/s1. The molecule has 46 heavy (non-hydrogen) atoms. The van der Waals surface area contributed by atoms with E-state index in [0.717, 1.165) is 33.2 Å². The van der Waals surface area contributed by atoms with Crippen molar-refractivity contribution in [1.29, 1.82) is 0 Å². The van der Waals surface area contributed by atoms with Crippen LogP contribution in [0.15, 0.2) is 91.0 Å². The molecule has 7 heteroatoms. The SMILES string of the molecule is CC1(C)[C@@]2(C)CC[C@]1(C(=O)N1CC[C@@H](c3ccc(F)cc3)[C@H](OCc3cc(OCc4ccccc4)c4ccccc4c3)C1)OC2=O. The Labute approximate surface area is 269 Å². The Balaban J connectivity index is 1.15. The zero-order valence-electron chi connectivity index (χ0n) is 26.6. The van der Waals surface area contributed by atoms with Crippen molar-refractivity contribution in [3.8, 4) is 5.75 Å². The molecule has 1 aliphatic carbocycles. The number of likely N-dealkylation sites (tertiary alicyclic amines) is 1. The number of carbonyl (C=O) groups is 2. The molecule has 3 fully saturated rings. The third-order valence-corrected chi connectivity index (χ3v) is 11.2. The van der Waals surface area contributed by atoms with Crippen LogP contribution in [0.5, 0.6) is 5.75 Å². The normalized spacial score (nSPS) is 26.7. The van der Waals surface area contributed by atoms with E-state index in [4.69, 9.17) is 14.2 Å². The molecule has 238 valence electrons. The predicted molar refractivity (Wildman–Crippen MR) is 174 cm³/mol. The Morgan fingerprint density at radius 3 is 2.37 bits per heavy atom. The number of rotatable bonds is 8. The van der Waals surface area contributed by atoms with Crippen LogP contribution in [-0.4, -0.2) is 41.6 Å². The van der Waals surface area contributed by atoms with Gasteiger partial charge in [-0.1, -0.05) is 80.6 Å². The maximum absolute atomic E-state index is 14.3. The van der Waals surface area contributed by atoms with Crippen molar-refractivity contribution < 1.29 is 28.2 Å². The van der Waals surface area contributed by atoms with Crippen molar-refractivity contribution in [2.24, 2.45) is 10.8 Å². The molecule has 6 nitrogen and oxygen atoms in total. The molecule has 1 saturated carbocycles. The molecule has 2 aliphatic heterocycles. The summed E-state index contributed by atoms with van der Waals surface area (Å²) in [7, 11) is 0. The minimum Gasteiger partial charge on any atom is -0.488 e. The molecule has 4 aromatic rings. The number of amides is 1. The quantitative estimate of drug-likeness (QED) is 0.190. The largest absolute Gasteiger partial charge is 0.488 e. The number of ether oxygens (including phenoxy) is 3. The number of carbonyl (C=O) groups excluding carboxylic acids is 2. The maximum Gasteiger partial charge on any atom is 0.313 e. The van der Waals surface area contributed by atoms with E-state index in [-0.39, 0.29) is 29.7 Å². The average molecular weight is 622 g/mol. The highest BCUT2D eigenvalue weighted by molar-refractivity contribution is 5.96. The lowest BCUT2D eigenvalue weighted by Crippen LogP contribution is -2.58. The summed E-state index contributed by atoms with van der Waals surface area (Å²) < 4.78 is 32.9. The predicted octanol–water partition coefficient (Wildman–Crippen LogP) is 7.58. The third kappa shape index (κ3) is 4.96. The molecule has 2 heterocycles. The van der Waals surface area contributed by atoms with Crippen molar-refractivity contribution in [2.45, 2.75) is 70.9 Å². The first-order chi connectivity index (χ1) is 22.1. The number of halogens is 1. The van der Waals surface area contributed by atoms with Crippen LogP contribution in [0, 0.1) is 16.6 Å². The Bertz CT molecular complexity index is 1770. The van der Waals surface area contributed by atoms with E-state index in [1.165, 1.54) is 12.1 Å². The first-order valence-electron chi connectivity index (χ1n) is 16.2. The van der Waals surface area contributed by atoms with Crippen LogP contribution in [-0.2, 0) is 32.3 Å². The van der Waals surface area contributed by atoms with Gasteiger partial charge in [-0.25, -0.2) is 4.39 Å². The Morgan fingerprint density at radius 2 is 1.65 bits per heavy atom. The Kier molecular flexibility index (Phi) is 7.63. The second kappa shape index (κ2) is 11.5. The summed E-state index contributed by atoms with van der Waals surface area (Å²) in [5.74, 6) is 0.0315. The zero-order valence-corrected chi connectivity index (χ0v) is 26.6. The molecule has 2 bridgehead atoms. The van der Waals surface area contributed by atoms with Crippen LogP contribution in [0.4, 0.5) is 4.39 Å². The lowest BCUT2D eigenvalue weighted by molar-refractivity contribution is -0.176. The number of nitrogens with zero attached hydrogens (tertiary/aromatic N) is 1. The van der Waals surface area contributed by atoms with Gasteiger partial charge in [0.25, 0.3) is 5.91 Å². The Morgan fingerprint density at radius 1 is 0.913 bits per heavy atom. The second-order valence-electron chi connectivity index (χ2n) is 13.8. The molecule has 1 amide bonds. The summed E-state index contributed by atoms with van der Waals surface area (Å²) in [4.78, 5) is 29.1. The van der Waals surface area contributed by atoms with E-state index in [9.17, 15) is 14.0 Å². The molecule has 0 N–H and O–H groups in total. The fourth-order valence-electron chi connectivity index (χ4n) is 7.81. The molecule has 4 aromatic carbocycles. The van der Waals surface area contributed by atoms with E-state index in [1.807, 2.05) is 86.3 Å². The van der Waals surface area contributed by atoms with Gasteiger partial charge in [-0.3, -0.25) is 9.59 Å². The van der Waals surface area contributed by atoms with Gasteiger partial charge in [0.1, 0.15) is 18.2 Å². The van der Waals surface area contributed by atoms with Gasteiger partial charge < -0.3 is 19.1 Å². The fourth-order valence-corrected chi connectivity index (χ4v) is 7.81. The molecule has 4 atom stereocenters. The number of fused-ring (bicyclic) bond motifs is 3. The molecular weight excluding hydrogens is 581 g/mol. The average Bonchev–Trinajstić information content (AvgIpc) is 3.37. The smallest absolute Gasteiger partial charge is 0.313 e. The van der Waals surface area contributed by atoms with Gasteiger partial charge in [0, 0.05) is 29.8 Å². The number of hydrogen-bond acceptors (Lipinski definition) is 5. The lowest BCUT2D eigenvalue weighted by Gasteiger charge is -2.44. The first-order valence-corrected chi connectivity index (χ1v) is 16.2. The van der Waals surface area contributed by atoms with Crippen molar-refractivity contribution in [1.82, 2.24) is 4.90 Å². The van der Waals surface area contributed by atoms with E-state index in [2.05, 4.69) is 18.2 Å². The van der Waals surface area contributed by atoms with Gasteiger partial charge in [0.15, 0.2) is 5.60 Å². The maximum atomic E-state index is 14.3. The van der Waals surface area contributed by atoms with Crippen molar-refractivity contribution in [2.75, 3.05) is 13.1 Å². The summed E-state index contributed by atoms with van der Waals surface area (Å²) >= 11 is 0. The second-order valence-corrected chi connectivity index (χ2v) is 13.8. The molecule has 3 aliphatic rings. The minimum absolute atomic E-state index is 0.0376. The summed E-state index contributed by atoms with van der Waals surface area (Å²) in [5, 5.41) is 2.08. The molecule has 0 radical (unpaired) electrons. The molecule has 0 aromatic heterocycles. The van der Waals surface area contributed by atoms with Gasteiger partial charge in [0.05, 0.1) is 18.1 Å². The number of piperidine rings is 1. The third-order valence-electron chi connectivity index (χ3n) is 11.2. The van der Waals surface area contributed by atoms with Crippen LogP contribution >= 0.6 is 0 Å². The fraction of sp³-hybridized carbons (Fsp3) is 0.385. The van der Waals surface area contributed by atoms with Crippen LogP contribution in [0.3, 0.4) is 0 Å². The molecule has 0 spiro atoms. The van der Waals surface area contributed by atoms with Crippen LogP contribution < -0.4 is 4.74 Å². The topological polar surface area (TPSA) is 65.1 Å². The van der Waals surface area contributed by atoms with Crippen LogP contribution in [0.1, 0.15) is 62.6 Å². The van der Waals surface area contributed by atoms with Gasteiger partial charge in [0.2, 0.25) is 0 Å². The number of esters is 1. The summed E-state index contributed by atoms with van der Waals surface area (Å²) in [6.45, 7) is 7.49. The van der Waals surface area contributed by atoms with Crippen molar-refractivity contribution in [3.05, 3.63) is 114 Å². The zero-order chi connectivity index (χ0) is 32.1. The summed E-state index contributed by atoms with van der Waals surface area (Å²) in [5.41, 5.74) is 0.541. The highest BCUT2D eigenvalue weighted by Crippen LogP contribution is 2.66. The van der Waals surface area contributed by atoms with Gasteiger partial charge in [-0.05, 0) is 72.5 Å². The number of hydrogen-bond donors (Lipinski definition) is 0. The van der Waals surface area contributed by atoms with Gasteiger partial charge in [-0.2, -0.15) is 0 Å². The van der Waals surface area contributed by atoms with Gasteiger partial charge >= 0.3 is 5.97 Å². The summed E-state index contributed by atoms with van der Waals surface area (Å²) in [6.07, 6.45) is 1.45. The molecular formula is C39H40FNO5. The molecule has 2 saturated heterocycles. The summed E-state index contributed by atoms with van der Waals surface area (Å²) in [6, 6.07) is 28.9. The first kappa shape index (κ1) is 30.4. The number of benzene rings is 4. The Hall–Kier alpha value is -4.23. The van der Waals surface area contributed by atoms with E-state index >= 15 is 0 Å². The van der Waals surface area contributed by atoms with Crippen LogP contribution in [0.2, 0.25) is 0 Å². The van der Waals surface area contributed by atoms with E-state index in [0.29, 0.717) is 45.6 Å². The monoisotopic (exact) mass is 621 g/mol. The van der Waals surface area contributed by atoms with Crippen LogP contribution in [0.25, 0.3) is 10.8 Å².